The molecule has 1 fully saturated rings. The van der Waals surface area contributed by atoms with E-state index in [1.165, 1.54) is 0 Å². The molecule has 2 N–H and O–H groups in total. The van der Waals surface area contributed by atoms with Gasteiger partial charge in [-0.15, -0.1) is 0 Å². The predicted molar refractivity (Wildman–Crippen MR) is 63.8 cm³/mol. The van der Waals surface area contributed by atoms with Gasteiger partial charge in [-0.05, 0) is 37.8 Å². The van der Waals surface area contributed by atoms with Gasteiger partial charge in [0.15, 0.2) is 9.84 Å². The Labute approximate surface area is 105 Å². The number of hydrogen-bond donors (Lipinski definition) is 1. The second-order valence-corrected chi connectivity index (χ2v) is 6.85. The van der Waals surface area contributed by atoms with Crippen molar-refractivity contribution in [3.05, 3.63) is 29.8 Å². The third-order valence-corrected chi connectivity index (χ3v) is 5.65. The minimum atomic E-state index is -3.73. The lowest BCUT2D eigenvalue weighted by molar-refractivity contribution is 0.432. The van der Waals surface area contributed by atoms with Crippen LogP contribution in [0.3, 0.4) is 0 Å². The van der Waals surface area contributed by atoms with Crippen molar-refractivity contribution in [3.63, 3.8) is 0 Å². The van der Waals surface area contributed by atoms with Gasteiger partial charge in [0.2, 0.25) is 0 Å². The van der Waals surface area contributed by atoms with Crippen LogP contribution in [0.2, 0.25) is 0 Å². The zero-order valence-electron chi connectivity index (χ0n) is 9.77. The summed E-state index contributed by atoms with van der Waals surface area (Å²) in [6.45, 7) is 0. The number of sulfone groups is 1. The molecule has 3 nitrogen and oxygen atoms in total. The van der Waals surface area contributed by atoms with Gasteiger partial charge >= 0.3 is 0 Å². The van der Waals surface area contributed by atoms with Crippen LogP contribution in [0.1, 0.15) is 25.7 Å². The number of hydrogen-bond acceptors (Lipinski definition) is 3. The maximum Gasteiger partial charge on any atom is 0.184 e. The summed E-state index contributed by atoms with van der Waals surface area (Å²) in [6.07, 6.45) is 2.10. The minimum absolute atomic E-state index is 0.0227. The van der Waals surface area contributed by atoms with Gasteiger partial charge in [-0.1, -0.05) is 0 Å². The van der Waals surface area contributed by atoms with Crippen molar-refractivity contribution in [1.82, 2.24) is 0 Å². The number of halogens is 2. The van der Waals surface area contributed by atoms with E-state index in [4.69, 9.17) is 5.73 Å². The molecule has 1 aliphatic rings. The van der Waals surface area contributed by atoms with Crippen molar-refractivity contribution in [1.29, 1.82) is 0 Å². The highest BCUT2D eigenvalue weighted by molar-refractivity contribution is 7.92. The Kier molecular flexibility index (Phi) is 3.68. The Morgan fingerprint density at radius 2 is 1.72 bits per heavy atom. The largest absolute Gasteiger partial charge is 0.328 e. The first-order valence-electron chi connectivity index (χ1n) is 5.86. The molecule has 0 atom stereocenters. The number of benzene rings is 1. The van der Waals surface area contributed by atoms with Gasteiger partial charge in [-0.25, -0.2) is 17.2 Å². The fourth-order valence-electron chi connectivity index (χ4n) is 2.28. The molecule has 1 saturated carbocycles. The van der Waals surface area contributed by atoms with Gasteiger partial charge in [0.25, 0.3) is 0 Å². The molecule has 1 aromatic rings. The Hall–Kier alpha value is -1.01. The molecule has 2 rings (SSSR count). The summed E-state index contributed by atoms with van der Waals surface area (Å²) in [6, 6.07) is 2.58. The van der Waals surface area contributed by atoms with Gasteiger partial charge in [-0.3, -0.25) is 0 Å². The Morgan fingerprint density at radius 1 is 1.11 bits per heavy atom. The molecule has 1 aliphatic carbocycles. The smallest absolute Gasteiger partial charge is 0.184 e. The Bertz CT molecular complexity index is 537. The molecule has 0 heterocycles. The quantitative estimate of drug-likeness (QED) is 0.840. The van der Waals surface area contributed by atoms with E-state index in [0.29, 0.717) is 31.7 Å². The maximum absolute atomic E-state index is 13.5. The van der Waals surface area contributed by atoms with Crippen molar-refractivity contribution in [2.24, 2.45) is 5.73 Å². The number of rotatable bonds is 2. The average molecular weight is 275 g/mol. The van der Waals surface area contributed by atoms with E-state index in [1.54, 1.807) is 0 Å². The maximum atomic E-state index is 13.5. The summed E-state index contributed by atoms with van der Waals surface area (Å²) in [7, 11) is -3.73. The van der Waals surface area contributed by atoms with E-state index in [-0.39, 0.29) is 6.04 Å². The minimum Gasteiger partial charge on any atom is -0.328 e. The van der Waals surface area contributed by atoms with E-state index in [2.05, 4.69) is 0 Å². The van der Waals surface area contributed by atoms with Crippen LogP contribution < -0.4 is 5.73 Å². The van der Waals surface area contributed by atoms with Crippen LogP contribution in [0.4, 0.5) is 8.78 Å². The van der Waals surface area contributed by atoms with Crippen LogP contribution in [-0.2, 0) is 9.84 Å². The summed E-state index contributed by atoms with van der Waals surface area (Å²) in [4.78, 5) is -0.413. The second-order valence-electron chi connectivity index (χ2n) is 4.66. The molecule has 0 radical (unpaired) electrons. The van der Waals surface area contributed by atoms with Crippen LogP contribution in [-0.4, -0.2) is 19.7 Å². The molecule has 0 aliphatic heterocycles. The summed E-state index contributed by atoms with van der Waals surface area (Å²) in [5.74, 6) is -1.80. The van der Waals surface area contributed by atoms with Crippen molar-refractivity contribution in [2.45, 2.75) is 41.9 Å². The lowest BCUT2D eigenvalue weighted by atomic mass is 9.96. The lowest BCUT2D eigenvalue weighted by Gasteiger charge is -2.26. The van der Waals surface area contributed by atoms with Crippen LogP contribution in [0.5, 0.6) is 0 Å². The molecule has 1 aromatic carbocycles. The molecular weight excluding hydrogens is 260 g/mol. The molecule has 0 spiro atoms. The normalized spacial score (nSPS) is 25.1. The molecule has 0 saturated heterocycles. The average Bonchev–Trinajstić information content (AvgIpc) is 2.29. The van der Waals surface area contributed by atoms with E-state index in [1.807, 2.05) is 0 Å². The summed E-state index contributed by atoms with van der Waals surface area (Å²) in [5.41, 5.74) is 5.71. The van der Waals surface area contributed by atoms with Crippen LogP contribution >= 0.6 is 0 Å². The van der Waals surface area contributed by atoms with Crippen molar-refractivity contribution in [3.8, 4) is 0 Å². The standard InChI is InChI=1S/C12H15F2NO2S/c13-8-1-6-12(11(14)7-8)18(16,17)10-4-2-9(15)3-5-10/h1,6-7,9-10H,2-5,15H2. The molecule has 0 aromatic heterocycles. The SMILES string of the molecule is NC1CCC(S(=O)(=O)c2ccc(F)cc2F)CC1. The van der Waals surface area contributed by atoms with Gasteiger partial charge < -0.3 is 5.73 Å². The Morgan fingerprint density at radius 3 is 2.28 bits per heavy atom. The van der Waals surface area contributed by atoms with Gasteiger partial charge in [0.1, 0.15) is 16.5 Å². The van der Waals surface area contributed by atoms with E-state index in [0.717, 1.165) is 12.1 Å². The summed E-state index contributed by atoms with van der Waals surface area (Å²) >= 11 is 0. The number of nitrogens with two attached hydrogens (primary N) is 1. The second kappa shape index (κ2) is 4.93. The molecule has 0 unspecified atom stereocenters. The highest BCUT2D eigenvalue weighted by atomic mass is 32.2. The first kappa shape index (κ1) is 13.4. The van der Waals surface area contributed by atoms with Gasteiger partial charge in [0.05, 0.1) is 5.25 Å². The topological polar surface area (TPSA) is 60.2 Å². The Balaban J connectivity index is 2.30. The van der Waals surface area contributed by atoms with E-state index in [9.17, 15) is 17.2 Å². The highest BCUT2D eigenvalue weighted by Gasteiger charge is 2.32. The van der Waals surface area contributed by atoms with Gasteiger partial charge in [0, 0.05) is 12.1 Å². The van der Waals surface area contributed by atoms with Gasteiger partial charge in [-0.2, -0.15) is 0 Å². The third kappa shape index (κ3) is 2.54. The van der Waals surface area contributed by atoms with Crippen molar-refractivity contribution >= 4 is 9.84 Å². The van der Waals surface area contributed by atoms with Crippen molar-refractivity contribution < 1.29 is 17.2 Å². The monoisotopic (exact) mass is 275 g/mol. The zero-order chi connectivity index (χ0) is 13.3. The molecule has 0 bridgehead atoms. The third-order valence-electron chi connectivity index (χ3n) is 3.36. The first-order chi connectivity index (χ1) is 8.41. The zero-order valence-corrected chi connectivity index (χ0v) is 10.6. The van der Waals surface area contributed by atoms with Crippen LogP contribution in [0.15, 0.2) is 23.1 Å². The lowest BCUT2D eigenvalue weighted by Crippen LogP contribution is -2.33. The highest BCUT2D eigenvalue weighted by Crippen LogP contribution is 2.29. The van der Waals surface area contributed by atoms with Crippen LogP contribution in [0.25, 0.3) is 0 Å². The van der Waals surface area contributed by atoms with Crippen LogP contribution in [0, 0.1) is 11.6 Å². The summed E-state index contributed by atoms with van der Waals surface area (Å²) < 4.78 is 50.8. The molecule has 0 amide bonds. The fraction of sp³-hybridized carbons (Fsp3) is 0.500. The van der Waals surface area contributed by atoms with E-state index >= 15 is 0 Å². The summed E-state index contributed by atoms with van der Waals surface area (Å²) in [5, 5.41) is -0.614. The molecular formula is C12H15F2NO2S. The molecule has 6 heteroatoms. The molecule has 18 heavy (non-hydrogen) atoms. The first-order valence-corrected chi connectivity index (χ1v) is 7.40. The molecule has 100 valence electrons. The fourth-order valence-corrected chi connectivity index (χ4v) is 4.12. The predicted octanol–water partition coefficient (Wildman–Crippen LogP) is 2.01. The van der Waals surface area contributed by atoms with Crippen molar-refractivity contribution in [2.75, 3.05) is 0 Å². The van der Waals surface area contributed by atoms with E-state index < -0.39 is 31.6 Å².